The standard InChI is InChI=1S/C24H30Cl2N2O3/c1-6-20(23(30)27-24(3,4)5)28(14-17-9-7-8-16(2)12-17)22(29)15-31-21-11-10-18(25)13-19(21)26/h7-13,20H,6,14-15H2,1-5H3,(H,27,30)/t20-/m0/s1. The van der Waals surface area contributed by atoms with Crippen LogP contribution in [0.3, 0.4) is 0 Å². The first-order valence-electron chi connectivity index (χ1n) is 10.2. The zero-order valence-corrected chi connectivity index (χ0v) is 20.2. The molecule has 1 N–H and O–H groups in total. The van der Waals surface area contributed by atoms with Gasteiger partial charge in [-0.05, 0) is 57.9 Å². The van der Waals surface area contributed by atoms with Gasteiger partial charge < -0.3 is 15.0 Å². The van der Waals surface area contributed by atoms with E-state index in [0.29, 0.717) is 28.8 Å². The molecule has 2 amide bonds. The average molecular weight is 465 g/mol. The average Bonchev–Trinajstić information content (AvgIpc) is 2.65. The van der Waals surface area contributed by atoms with E-state index in [0.717, 1.165) is 11.1 Å². The summed E-state index contributed by atoms with van der Waals surface area (Å²) in [5.74, 6) is -0.133. The van der Waals surface area contributed by atoms with Gasteiger partial charge in [0, 0.05) is 17.1 Å². The summed E-state index contributed by atoms with van der Waals surface area (Å²) < 4.78 is 5.66. The highest BCUT2D eigenvalue weighted by Crippen LogP contribution is 2.27. The Labute approximate surface area is 194 Å². The Hall–Kier alpha value is -2.24. The molecule has 0 spiro atoms. The number of halogens is 2. The van der Waals surface area contributed by atoms with Crippen LogP contribution in [-0.2, 0) is 16.1 Å². The summed E-state index contributed by atoms with van der Waals surface area (Å²) in [6.45, 7) is 9.67. The first kappa shape index (κ1) is 25.0. The second kappa shape index (κ2) is 10.9. The van der Waals surface area contributed by atoms with Gasteiger partial charge in [0.05, 0.1) is 5.02 Å². The van der Waals surface area contributed by atoms with Crippen LogP contribution in [0.5, 0.6) is 5.75 Å². The Morgan fingerprint density at radius 3 is 2.42 bits per heavy atom. The number of benzene rings is 2. The molecule has 2 aromatic rings. The van der Waals surface area contributed by atoms with Crippen LogP contribution in [0.4, 0.5) is 0 Å². The molecule has 0 unspecified atom stereocenters. The molecule has 2 rings (SSSR count). The van der Waals surface area contributed by atoms with Gasteiger partial charge in [0.1, 0.15) is 11.8 Å². The normalized spacial score (nSPS) is 12.2. The van der Waals surface area contributed by atoms with Gasteiger partial charge in [0.15, 0.2) is 6.61 Å². The Balaban J connectivity index is 2.26. The van der Waals surface area contributed by atoms with E-state index in [1.807, 2.05) is 58.9 Å². The van der Waals surface area contributed by atoms with Crippen molar-refractivity contribution >= 4 is 35.0 Å². The minimum absolute atomic E-state index is 0.194. The molecule has 31 heavy (non-hydrogen) atoms. The van der Waals surface area contributed by atoms with Crippen molar-refractivity contribution in [3.63, 3.8) is 0 Å². The summed E-state index contributed by atoms with van der Waals surface area (Å²) in [5.41, 5.74) is 1.62. The molecular weight excluding hydrogens is 435 g/mol. The molecule has 2 aromatic carbocycles. The predicted octanol–water partition coefficient (Wildman–Crippen LogP) is 5.40. The predicted molar refractivity (Wildman–Crippen MR) is 126 cm³/mol. The summed E-state index contributed by atoms with van der Waals surface area (Å²) in [6, 6.07) is 12.1. The topological polar surface area (TPSA) is 58.6 Å². The maximum atomic E-state index is 13.2. The number of aryl methyl sites for hydroxylation is 1. The van der Waals surface area contributed by atoms with Crippen LogP contribution in [0.15, 0.2) is 42.5 Å². The van der Waals surface area contributed by atoms with Crippen LogP contribution in [0, 0.1) is 6.92 Å². The first-order chi connectivity index (χ1) is 14.5. The number of hydrogen-bond acceptors (Lipinski definition) is 3. The zero-order valence-electron chi connectivity index (χ0n) is 18.7. The molecule has 0 heterocycles. The van der Waals surface area contributed by atoms with E-state index < -0.39 is 11.6 Å². The van der Waals surface area contributed by atoms with E-state index in [2.05, 4.69) is 5.32 Å². The van der Waals surface area contributed by atoms with E-state index in [1.54, 1.807) is 23.1 Å². The third-order valence-electron chi connectivity index (χ3n) is 4.56. The fraction of sp³-hybridized carbons (Fsp3) is 0.417. The van der Waals surface area contributed by atoms with Gasteiger partial charge in [-0.2, -0.15) is 0 Å². The molecule has 0 radical (unpaired) electrons. The van der Waals surface area contributed by atoms with Gasteiger partial charge in [-0.1, -0.05) is 60.0 Å². The van der Waals surface area contributed by atoms with Crippen LogP contribution in [0.2, 0.25) is 10.0 Å². The largest absolute Gasteiger partial charge is 0.482 e. The van der Waals surface area contributed by atoms with Gasteiger partial charge in [-0.15, -0.1) is 0 Å². The van der Waals surface area contributed by atoms with Gasteiger partial charge in [-0.3, -0.25) is 9.59 Å². The molecule has 0 saturated heterocycles. The van der Waals surface area contributed by atoms with Gasteiger partial charge >= 0.3 is 0 Å². The Bertz CT molecular complexity index is 925. The van der Waals surface area contributed by atoms with Crippen molar-refractivity contribution in [2.75, 3.05) is 6.61 Å². The van der Waals surface area contributed by atoms with Crippen molar-refractivity contribution in [1.29, 1.82) is 0 Å². The lowest BCUT2D eigenvalue weighted by molar-refractivity contribution is -0.143. The third-order valence-corrected chi connectivity index (χ3v) is 5.10. The maximum Gasteiger partial charge on any atom is 0.261 e. The van der Waals surface area contributed by atoms with Crippen molar-refractivity contribution < 1.29 is 14.3 Å². The summed E-state index contributed by atoms with van der Waals surface area (Å²) in [4.78, 5) is 27.8. The number of ether oxygens (including phenoxy) is 1. The molecule has 0 bridgehead atoms. The number of carbonyl (C=O) groups is 2. The van der Waals surface area contributed by atoms with Crippen LogP contribution in [0.1, 0.15) is 45.2 Å². The molecule has 0 aliphatic carbocycles. The Morgan fingerprint density at radius 2 is 1.84 bits per heavy atom. The maximum absolute atomic E-state index is 13.2. The number of rotatable bonds is 8. The van der Waals surface area contributed by atoms with Crippen LogP contribution in [0.25, 0.3) is 0 Å². The van der Waals surface area contributed by atoms with Crippen LogP contribution < -0.4 is 10.1 Å². The van der Waals surface area contributed by atoms with Crippen molar-refractivity contribution in [2.24, 2.45) is 0 Å². The zero-order chi connectivity index (χ0) is 23.2. The molecule has 7 heteroatoms. The second-order valence-electron chi connectivity index (χ2n) is 8.54. The Kier molecular flexibility index (Phi) is 8.78. The highest BCUT2D eigenvalue weighted by Gasteiger charge is 2.31. The van der Waals surface area contributed by atoms with E-state index >= 15 is 0 Å². The summed E-state index contributed by atoms with van der Waals surface area (Å²) >= 11 is 12.1. The molecule has 0 saturated carbocycles. The molecule has 0 aliphatic rings. The van der Waals surface area contributed by atoms with Gasteiger partial charge in [0.2, 0.25) is 5.91 Å². The van der Waals surface area contributed by atoms with Gasteiger partial charge in [0.25, 0.3) is 5.91 Å². The molecule has 0 aliphatic heterocycles. The number of carbonyl (C=O) groups excluding carboxylic acids is 2. The van der Waals surface area contributed by atoms with Crippen molar-refractivity contribution in [2.45, 2.75) is 59.2 Å². The number of nitrogens with zero attached hydrogens (tertiary/aromatic N) is 1. The number of amides is 2. The lowest BCUT2D eigenvalue weighted by Crippen LogP contribution is -2.54. The highest BCUT2D eigenvalue weighted by atomic mass is 35.5. The molecule has 5 nitrogen and oxygen atoms in total. The minimum Gasteiger partial charge on any atom is -0.482 e. The smallest absolute Gasteiger partial charge is 0.261 e. The van der Waals surface area contributed by atoms with Crippen LogP contribution in [-0.4, -0.2) is 34.9 Å². The SMILES string of the molecule is CC[C@@H](C(=O)NC(C)(C)C)N(Cc1cccc(C)c1)C(=O)COc1ccc(Cl)cc1Cl. The summed E-state index contributed by atoms with van der Waals surface area (Å²) in [6.07, 6.45) is 0.473. The summed E-state index contributed by atoms with van der Waals surface area (Å²) in [7, 11) is 0. The van der Waals surface area contributed by atoms with E-state index in [9.17, 15) is 9.59 Å². The molecule has 0 aromatic heterocycles. The number of nitrogens with one attached hydrogen (secondary N) is 1. The molecular formula is C24H30Cl2N2O3. The monoisotopic (exact) mass is 464 g/mol. The van der Waals surface area contributed by atoms with E-state index in [4.69, 9.17) is 27.9 Å². The first-order valence-corrected chi connectivity index (χ1v) is 11.0. The third kappa shape index (κ3) is 7.75. The Morgan fingerprint density at radius 1 is 1.13 bits per heavy atom. The fourth-order valence-electron chi connectivity index (χ4n) is 3.19. The summed E-state index contributed by atoms with van der Waals surface area (Å²) in [5, 5.41) is 3.79. The lowest BCUT2D eigenvalue weighted by atomic mass is 10.1. The minimum atomic E-state index is -0.628. The van der Waals surface area contributed by atoms with Gasteiger partial charge in [-0.25, -0.2) is 0 Å². The quantitative estimate of drug-likeness (QED) is 0.568. The van der Waals surface area contributed by atoms with E-state index in [1.165, 1.54) is 0 Å². The molecule has 1 atom stereocenters. The van der Waals surface area contributed by atoms with Crippen LogP contribution >= 0.6 is 23.2 Å². The number of hydrogen-bond donors (Lipinski definition) is 1. The second-order valence-corrected chi connectivity index (χ2v) is 9.38. The molecule has 0 fully saturated rings. The fourth-order valence-corrected chi connectivity index (χ4v) is 3.66. The van der Waals surface area contributed by atoms with Crippen molar-refractivity contribution in [3.8, 4) is 5.75 Å². The highest BCUT2D eigenvalue weighted by molar-refractivity contribution is 6.35. The van der Waals surface area contributed by atoms with E-state index in [-0.39, 0.29) is 18.4 Å². The molecule has 168 valence electrons. The lowest BCUT2D eigenvalue weighted by Gasteiger charge is -2.33. The van der Waals surface area contributed by atoms with Crippen molar-refractivity contribution in [1.82, 2.24) is 10.2 Å². The van der Waals surface area contributed by atoms with Crippen molar-refractivity contribution in [3.05, 3.63) is 63.6 Å².